The Morgan fingerprint density at radius 2 is 2.08 bits per heavy atom. The summed E-state index contributed by atoms with van der Waals surface area (Å²) in [5.41, 5.74) is 3.36. The lowest BCUT2D eigenvalue weighted by Gasteiger charge is -2.33. The molecule has 0 bridgehead atoms. The van der Waals surface area contributed by atoms with Crippen molar-refractivity contribution in [2.24, 2.45) is 5.92 Å². The highest BCUT2D eigenvalue weighted by Crippen LogP contribution is 2.23. The van der Waals surface area contributed by atoms with Crippen molar-refractivity contribution in [2.45, 2.75) is 59.6 Å². The monoisotopic (exact) mass is 343 g/mol. The van der Waals surface area contributed by atoms with Crippen LogP contribution in [0, 0.1) is 31.1 Å². The van der Waals surface area contributed by atoms with E-state index in [1.807, 2.05) is 13.0 Å². The number of hydrogen-bond donors (Lipinski definition) is 1. The van der Waals surface area contributed by atoms with Gasteiger partial charge in [-0.3, -0.25) is 4.79 Å². The first-order valence-corrected chi connectivity index (χ1v) is 9.14. The topological polar surface area (TPSA) is 69.3 Å². The Balaban J connectivity index is 2.17. The predicted molar refractivity (Wildman–Crippen MR) is 98.8 cm³/mol. The van der Waals surface area contributed by atoms with E-state index in [1.54, 1.807) is 17.9 Å². The maximum Gasteiger partial charge on any atom is 0.264 e. The second kappa shape index (κ2) is 8.35. The summed E-state index contributed by atoms with van der Waals surface area (Å²) < 4.78 is 2.22. The zero-order valence-electron chi connectivity index (χ0n) is 15.7. The maximum atomic E-state index is 12.7. The van der Waals surface area contributed by atoms with Crippen LogP contribution in [0.2, 0.25) is 0 Å². The minimum atomic E-state index is -0.341. The molecule has 2 rings (SSSR count). The van der Waals surface area contributed by atoms with Crippen molar-refractivity contribution in [1.82, 2.24) is 9.47 Å². The van der Waals surface area contributed by atoms with E-state index >= 15 is 0 Å². The number of aryl methyl sites for hydroxylation is 1. The van der Waals surface area contributed by atoms with Gasteiger partial charge in [0.25, 0.3) is 5.91 Å². The number of carbonyl (C=O) groups is 1. The van der Waals surface area contributed by atoms with Gasteiger partial charge in [-0.25, -0.2) is 0 Å². The van der Waals surface area contributed by atoms with E-state index < -0.39 is 0 Å². The van der Waals surface area contributed by atoms with Crippen LogP contribution in [0.25, 0.3) is 6.08 Å². The number of nitrogens with zero attached hydrogens (tertiary/aromatic N) is 3. The fourth-order valence-corrected chi connectivity index (χ4v) is 3.59. The molecular weight excluding hydrogens is 314 g/mol. The Bertz CT molecular complexity index is 687. The summed E-state index contributed by atoms with van der Waals surface area (Å²) >= 11 is 0. The summed E-state index contributed by atoms with van der Waals surface area (Å²) in [5, 5.41) is 19.2. The third-order valence-electron chi connectivity index (χ3n) is 5.22. The molecule has 1 N–H and O–H groups in total. The first-order chi connectivity index (χ1) is 11.9. The number of piperidine rings is 1. The lowest BCUT2D eigenvalue weighted by Crippen LogP contribution is -2.41. The lowest BCUT2D eigenvalue weighted by molar-refractivity contribution is -0.128. The van der Waals surface area contributed by atoms with Crippen molar-refractivity contribution in [3.8, 4) is 6.07 Å². The van der Waals surface area contributed by atoms with Gasteiger partial charge < -0.3 is 14.6 Å². The third-order valence-corrected chi connectivity index (χ3v) is 5.22. The molecule has 1 aromatic rings. The SMILES string of the molecule is CCCn1c(C)cc(C=C(C#N)C(=O)N2CCC(C(C)O)CC2)c1C. The number of nitriles is 1. The smallest absolute Gasteiger partial charge is 0.264 e. The number of carbonyl (C=O) groups excluding carboxylic acids is 1. The number of aliphatic hydroxyl groups excluding tert-OH is 1. The van der Waals surface area contributed by atoms with Crippen LogP contribution >= 0.6 is 0 Å². The predicted octanol–water partition coefficient (Wildman–Crippen LogP) is 3.04. The standard InChI is InChI=1S/C20H29N3O2/c1-5-8-23-14(2)11-18(15(23)3)12-19(13-21)20(25)22-9-6-17(7-10-22)16(4)24/h11-12,16-17,24H,5-10H2,1-4H3. The number of likely N-dealkylation sites (tertiary alicyclic amines) is 1. The molecule has 1 aliphatic heterocycles. The van der Waals surface area contributed by atoms with E-state index in [-0.39, 0.29) is 23.5 Å². The van der Waals surface area contributed by atoms with Crippen LogP contribution in [0.5, 0.6) is 0 Å². The summed E-state index contributed by atoms with van der Waals surface area (Å²) in [5.74, 6) is 0.0402. The van der Waals surface area contributed by atoms with Crippen LogP contribution in [-0.2, 0) is 11.3 Å². The minimum absolute atomic E-state index is 0.187. The van der Waals surface area contributed by atoms with E-state index in [2.05, 4.69) is 24.5 Å². The van der Waals surface area contributed by atoms with E-state index in [0.717, 1.165) is 42.8 Å². The molecule has 1 fully saturated rings. The fourth-order valence-electron chi connectivity index (χ4n) is 3.59. The molecule has 1 saturated heterocycles. The average Bonchev–Trinajstić information content (AvgIpc) is 2.87. The molecule has 0 radical (unpaired) electrons. The van der Waals surface area contributed by atoms with Gasteiger partial charge in [-0.05, 0) is 63.7 Å². The van der Waals surface area contributed by atoms with Crippen molar-refractivity contribution in [3.63, 3.8) is 0 Å². The Kier molecular flexibility index (Phi) is 6.44. The molecule has 1 unspecified atom stereocenters. The van der Waals surface area contributed by atoms with Crippen LogP contribution in [-0.4, -0.2) is 39.7 Å². The highest BCUT2D eigenvalue weighted by atomic mass is 16.3. The second-order valence-electron chi connectivity index (χ2n) is 7.02. The number of amides is 1. The molecule has 1 aliphatic rings. The highest BCUT2D eigenvalue weighted by Gasteiger charge is 2.27. The minimum Gasteiger partial charge on any atom is -0.393 e. The number of aliphatic hydroxyl groups is 1. The Hall–Kier alpha value is -2.06. The summed E-state index contributed by atoms with van der Waals surface area (Å²) in [6.07, 6.45) is 3.99. The van der Waals surface area contributed by atoms with E-state index in [4.69, 9.17) is 0 Å². The molecule has 136 valence electrons. The average molecular weight is 343 g/mol. The van der Waals surface area contributed by atoms with E-state index in [9.17, 15) is 15.2 Å². The van der Waals surface area contributed by atoms with Gasteiger partial charge in [0, 0.05) is 31.0 Å². The van der Waals surface area contributed by atoms with Crippen LogP contribution in [0.4, 0.5) is 0 Å². The zero-order chi connectivity index (χ0) is 18.6. The van der Waals surface area contributed by atoms with Gasteiger partial charge in [-0.15, -0.1) is 0 Å². The van der Waals surface area contributed by atoms with Gasteiger partial charge in [0.1, 0.15) is 11.6 Å². The van der Waals surface area contributed by atoms with Crippen molar-refractivity contribution >= 4 is 12.0 Å². The maximum absolute atomic E-state index is 12.7. The summed E-state index contributed by atoms with van der Waals surface area (Å²) in [4.78, 5) is 14.4. The van der Waals surface area contributed by atoms with E-state index in [0.29, 0.717) is 13.1 Å². The molecule has 5 heteroatoms. The molecule has 1 amide bonds. The zero-order valence-corrected chi connectivity index (χ0v) is 15.7. The van der Waals surface area contributed by atoms with Gasteiger partial charge in [0.05, 0.1) is 6.10 Å². The summed E-state index contributed by atoms with van der Waals surface area (Å²) in [6, 6.07) is 4.12. The molecule has 0 aliphatic carbocycles. The molecule has 2 heterocycles. The van der Waals surface area contributed by atoms with Crippen molar-refractivity contribution < 1.29 is 9.90 Å². The first kappa shape index (κ1) is 19.3. The van der Waals surface area contributed by atoms with Gasteiger partial charge in [0.15, 0.2) is 0 Å². The lowest BCUT2D eigenvalue weighted by atomic mass is 9.92. The van der Waals surface area contributed by atoms with Gasteiger partial charge in [0.2, 0.25) is 0 Å². The highest BCUT2D eigenvalue weighted by molar-refractivity contribution is 6.01. The van der Waals surface area contributed by atoms with Gasteiger partial charge >= 0.3 is 0 Å². The van der Waals surface area contributed by atoms with Crippen molar-refractivity contribution in [1.29, 1.82) is 5.26 Å². The Labute approximate surface area is 150 Å². The van der Waals surface area contributed by atoms with Gasteiger partial charge in [-0.2, -0.15) is 5.26 Å². The van der Waals surface area contributed by atoms with Crippen molar-refractivity contribution in [2.75, 3.05) is 13.1 Å². The molecule has 0 aromatic carbocycles. The number of rotatable bonds is 5. The molecule has 0 spiro atoms. The third kappa shape index (κ3) is 4.32. The Morgan fingerprint density at radius 3 is 2.60 bits per heavy atom. The van der Waals surface area contributed by atoms with Crippen LogP contribution < -0.4 is 0 Å². The molecule has 1 aromatic heterocycles. The second-order valence-corrected chi connectivity index (χ2v) is 7.02. The fraction of sp³-hybridized carbons (Fsp3) is 0.600. The van der Waals surface area contributed by atoms with Crippen LogP contribution in [0.1, 0.15) is 50.1 Å². The number of hydrogen-bond acceptors (Lipinski definition) is 3. The largest absolute Gasteiger partial charge is 0.393 e. The van der Waals surface area contributed by atoms with Gasteiger partial charge in [-0.1, -0.05) is 6.92 Å². The number of aromatic nitrogens is 1. The Morgan fingerprint density at radius 1 is 1.44 bits per heavy atom. The van der Waals surface area contributed by atoms with Crippen LogP contribution in [0.15, 0.2) is 11.6 Å². The van der Waals surface area contributed by atoms with E-state index in [1.165, 1.54) is 0 Å². The first-order valence-electron chi connectivity index (χ1n) is 9.14. The molecule has 5 nitrogen and oxygen atoms in total. The van der Waals surface area contributed by atoms with Crippen LogP contribution in [0.3, 0.4) is 0 Å². The molecule has 0 saturated carbocycles. The summed E-state index contributed by atoms with van der Waals surface area (Å²) in [6.45, 7) is 10.2. The molecule has 1 atom stereocenters. The molecule has 25 heavy (non-hydrogen) atoms. The molecular formula is C20H29N3O2. The van der Waals surface area contributed by atoms with Crippen molar-refractivity contribution in [3.05, 3.63) is 28.6 Å². The normalized spacial score (nSPS) is 17.4. The summed E-state index contributed by atoms with van der Waals surface area (Å²) in [7, 11) is 0. The quantitative estimate of drug-likeness (QED) is 0.660.